The van der Waals surface area contributed by atoms with Crippen LogP contribution in [-0.4, -0.2) is 79.0 Å². The summed E-state index contributed by atoms with van der Waals surface area (Å²) in [5.74, 6) is 0. The number of nitrogens with zero attached hydrogens (tertiary/aromatic N) is 2. The summed E-state index contributed by atoms with van der Waals surface area (Å²) in [6.45, 7) is 7.27. The van der Waals surface area contributed by atoms with Gasteiger partial charge in [-0.2, -0.15) is 0 Å². The van der Waals surface area contributed by atoms with Gasteiger partial charge in [-0.25, -0.2) is 4.79 Å². The van der Waals surface area contributed by atoms with Gasteiger partial charge in [-0.05, 0) is 19.3 Å². The van der Waals surface area contributed by atoms with Gasteiger partial charge in [0.2, 0.25) is 0 Å². The minimum absolute atomic E-state index is 0.0104. The second kappa shape index (κ2) is 7.81. The van der Waals surface area contributed by atoms with E-state index in [4.69, 9.17) is 4.74 Å². The number of urea groups is 1. The van der Waals surface area contributed by atoms with E-state index < -0.39 is 0 Å². The van der Waals surface area contributed by atoms with Gasteiger partial charge in [0.25, 0.3) is 0 Å². The average molecular weight is 285 g/mol. The molecule has 6 heteroatoms. The number of rotatable bonds is 5. The number of aliphatic hydroxyl groups excluding tert-OH is 1. The lowest BCUT2D eigenvalue weighted by Gasteiger charge is -2.35. The Morgan fingerprint density at radius 2 is 2.15 bits per heavy atom. The molecule has 2 saturated heterocycles. The van der Waals surface area contributed by atoms with Crippen molar-refractivity contribution in [1.82, 2.24) is 15.1 Å². The highest BCUT2D eigenvalue weighted by molar-refractivity contribution is 5.74. The Morgan fingerprint density at radius 1 is 1.40 bits per heavy atom. The van der Waals surface area contributed by atoms with Crippen molar-refractivity contribution in [3.63, 3.8) is 0 Å². The molecule has 2 fully saturated rings. The third kappa shape index (κ3) is 4.61. The van der Waals surface area contributed by atoms with E-state index in [1.807, 2.05) is 11.8 Å². The van der Waals surface area contributed by atoms with Crippen molar-refractivity contribution in [3.8, 4) is 0 Å². The van der Waals surface area contributed by atoms with Gasteiger partial charge in [0.1, 0.15) is 0 Å². The summed E-state index contributed by atoms with van der Waals surface area (Å²) in [4.78, 5) is 16.1. The molecule has 0 aromatic heterocycles. The van der Waals surface area contributed by atoms with E-state index in [0.717, 1.165) is 52.0 Å². The molecule has 0 saturated carbocycles. The molecule has 0 radical (unpaired) electrons. The van der Waals surface area contributed by atoms with Crippen LogP contribution < -0.4 is 5.32 Å². The first-order valence-electron chi connectivity index (χ1n) is 7.74. The lowest BCUT2D eigenvalue weighted by atomic mass is 10.2. The number of aliphatic hydroxyl groups is 1. The van der Waals surface area contributed by atoms with Crippen molar-refractivity contribution >= 4 is 6.03 Å². The topological polar surface area (TPSA) is 65.0 Å². The maximum Gasteiger partial charge on any atom is 0.317 e. The summed E-state index contributed by atoms with van der Waals surface area (Å²) in [5, 5.41) is 12.6. The van der Waals surface area contributed by atoms with E-state index >= 15 is 0 Å². The Balaban J connectivity index is 1.63. The largest absolute Gasteiger partial charge is 0.392 e. The minimum Gasteiger partial charge on any atom is -0.392 e. The molecule has 0 unspecified atom stereocenters. The number of carbonyl (C=O) groups excluding carboxylic acids is 1. The van der Waals surface area contributed by atoms with Crippen LogP contribution in [0.3, 0.4) is 0 Å². The number of carbonyl (C=O) groups is 1. The number of ether oxygens (including phenoxy) is 1. The van der Waals surface area contributed by atoms with Gasteiger partial charge in [-0.3, -0.25) is 4.90 Å². The summed E-state index contributed by atoms with van der Waals surface area (Å²) in [6.07, 6.45) is 2.86. The standard InChI is InChI=1S/C14H27N3O3/c1-2-12(18)11-16-5-7-17(8-6-16)14(19)15-10-13-4-3-9-20-13/h12-13,18H,2-11H2,1H3,(H,15,19)/t12-,13+/m1/s1. The Bertz CT molecular complexity index is 300. The third-order valence-electron chi connectivity index (χ3n) is 4.10. The summed E-state index contributed by atoms with van der Waals surface area (Å²) < 4.78 is 5.49. The van der Waals surface area contributed by atoms with Gasteiger partial charge in [0.05, 0.1) is 12.2 Å². The van der Waals surface area contributed by atoms with Crippen molar-refractivity contribution in [2.75, 3.05) is 45.9 Å². The van der Waals surface area contributed by atoms with Crippen LogP contribution >= 0.6 is 0 Å². The van der Waals surface area contributed by atoms with E-state index in [1.165, 1.54) is 0 Å². The van der Waals surface area contributed by atoms with Gasteiger partial charge in [0.15, 0.2) is 0 Å². The van der Waals surface area contributed by atoms with E-state index in [-0.39, 0.29) is 18.2 Å². The van der Waals surface area contributed by atoms with Crippen LogP contribution in [0.25, 0.3) is 0 Å². The highest BCUT2D eigenvalue weighted by Crippen LogP contribution is 2.11. The lowest BCUT2D eigenvalue weighted by Crippen LogP contribution is -2.53. The summed E-state index contributed by atoms with van der Waals surface area (Å²) in [7, 11) is 0. The lowest BCUT2D eigenvalue weighted by molar-refractivity contribution is 0.0767. The molecule has 2 aliphatic heterocycles. The zero-order valence-electron chi connectivity index (χ0n) is 12.4. The second-order valence-electron chi connectivity index (χ2n) is 5.67. The molecule has 0 aromatic carbocycles. The van der Waals surface area contributed by atoms with Crippen LogP contribution in [0.15, 0.2) is 0 Å². The molecule has 2 atom stereocenters. The number of hydrogen-bond donors (Lipinski definition) is 2. The molecule has 0 bridgehead atoms. The molecular weight excluding hydrogens is 258 g/mol. The smallest absolute Gasteiger partial charge is 0.317 e. The zero-order valence-corrected chi connectivity index (χ0v) is 12.4. The molecule has 2 rings (SSSR count). The first-order chi connectivity index (χ1) is 9.69. The van der Waals surface area contributed by atoms with E-state index in [0.29, 0.717) is 13.1 Å². The molecule has 2 heterocycles. The Hall–Kier alpha value is -0.850. The van der Waals surface area contributed by atoms with Crippen LogP contribution in [0, 0.1) is 0 Å². The van der Waals surface area contributed by atoms with Crippen molar-refractivity contribution in [1.29, 1.82) is 0 Å². The number of β-amino-alcohol motifs (C(OH)–C–C–N with tert-alkyl or cyclic N) is 1. The molecule has 0 aliphatic carbocycles. The normalized spacial score (nSPS) is 25.7. The van der Waals surface area contributed by atoms with E-state index in [2.05, 4.69) is 10.2 Å². The second-order valence-corrected chi connectivity index (χ2v) is 5.67. The van der Waals surface area contributed by atoms with Gasteiger partial charge in [-0.15, -0.1) is 0 Å². The van der Waals surface area contributed by atoms with E-state index in [9.17, 15) is 9.90 Å². The fraction of sp³-hybridized carbons (Fsp3) is 0.929. The maximum atomic E-state index is 12.0. The number of piperazine rings is 1. The SMILES string of the molecule is CC[C@@H](O)CN1CCN(C(=O)NC[C@@H]2CCCO2)CC1. The van der Waals surface area contributed by atoms with Gasteiger partial charge >= 0.3 is 6.03 Å². The number of amides is 2. The highest BCUT2D eigenvalue weighted by atomic mass is 16.5. The zero-order chi connectivity index (χ0) is 14.4. The molecule has 0 aromatic rings. The van der Waals surface area contributed by atoms with Crippen LogP contribution in [-0.2, 0) is 4.74 Å². The molecular formula is C14H27N3O3. The summed E-state index contributed by atoms with van der Waals surface area (Å²) in [5.41, 5.74) is 0. The maximum absolute atomic E-state index is 12.0. The Kier molecular flexibility index (Phi) is 6.06. The first kappa shape index (κ1) is 15.5. The molecule has 6 nitrogen and oxygen atoms in total. The summed E-state index contributed by atoms with van der Waals surface area (Å²) in [6, 6.07) is 0.0104. The Morgan fingerprint density at radius 3 is 2.75 bits per heavy atom. The summed E-state index contributed by atoms with van der Waals surface area (Å²) >= 11 is 0. The fourth-order valence-electron chi connectivity index (χ4n) is 2.68. The average Bonchev–Trinajstić information content (AvgIpc) is 2.98. The monoisotopic (exact) mass is 285 g/mol. The van der Waals surface area contributed by atoms with Crippen molar-refractivity contribution in [3.05, 3.63) is 0 Å². The van der Waals surface area contributed by atoms with Crippen molar-refractivity contribution < 1.29 is 14.6 Å². The minimum atomic E-state index is -0.255. The Labute approximate surface area is 121 Å². The quantitative estimate of drug-likeness (QED) is 0.761. The van der Waals surface area contributed by atoms with Crippen molar-refractivity contribution in [2.45, 2.75) is 38.4 Å². The molecule has 116 valence electrons. The molecule has 2 N–H and O–H groups in total. The molecule has 2 amide bonds. The van der Waals surface area contributed by atoms with Crippen LogP contribution in [0.4, 0.5) is 4.79 Å². The molecule has 2 aliphatic rings. The predicted octanol–water partition coefficient (Wildman–Crippen LogP) is 0.264. The highest BCUT2D eigenvalue weighted by Gasteiger charge is 2.23. The molecule has 0 spiro atoms. The third-order valence-corrected chi connectivity index (χ3v) is 4.10. The van der Waals surface area contributed by atoms with Crippen LogP contribution in [0.2, 0.25) is 0 Å². The number of hydrogen-bond acceptors (Lipinski definition) is 4. The van der Waals surface area contributed by atoms with Crippen molar-refractivity contribution in [2.24, 2.45) is 0 Å². The molecule has 20 heavy (non-hydrogen) atoms. The van der Waals surface area contributed by atoms with Gasteiger partial charge < -0.3 is 20.1 Å². The van der Waals surface area contributed by atoms with Crippen LogP contribution in [0.1, 0.15) is 26.2 Å². The fourth-order valence-corrected chi connectivity index (χ4v) is 2.68. The number of nitrogens with one attached hydrogen (secondary N) is 1. The van der Waals surface area contributed by atoms with Gasteiger partial charge in [-0.1, -0.05) is 6.92 Å². The van der Waals surface area contributed by atoms with Crippen LogP contribution in [0.5, 0.6) is 0 Å². The van der Waals surface area contributed by atoms with Gasteiger partial charge in [0, 0.05) is 45.9 Å². The first-order valence-corrected chi connectivity index (χ1v) is 7.74. The van der Waals surface area contributed by atoms with E-state index in [1.54, 1.807) is 0 Å². The predicted molar refractivity (Wildman–Crippen MR) is 76.7 cm³/mol.